The Morgan fingerprint density at radius 2 is 2.28 bits per heavy atom. The Morgan fingerprint density at radius 1 is 1.44 bits per heavy atom. The molecule has 94 valence electrons. The second-order valence-corrected chi connectivity index (χ2v) is 3.52. The van der Waals surface area contributed by atoms with Gasteiger partial charge < -0.3 is 15.0 Å². The Bertz CT molecular complexity index is 539. The van der Waals surface area contributed by atoms with E-state index in [2.05, 4.69) is 5.16 Å². The molecule has 1 aromatic heterocycles. The van der Waals surface area contributed by atoms with Crippen LogP contribution in [0.4, 0.5) is 5.69 Å². The summed E-state index contributed by atoms with van der Waals surface area (Å²) in [6, 6.07) is 5.97. The minimum Gasteiger partial charge on any atom is -0.485 e. The monoisotopic (exact) mass is 249 g/mol. The molecule has 0 atom stereocenters. The van der Waals surface area contributed by atoms with Crippen molar-refractivity contribution in [3.63, 3.8) is 0 Å². The fourth-order valence-electron chi connectivity index (χ4n) is 1.45. The van der Waals surface area contributed by atoms with Crippen LogP contribution in [0.2, 0.25) is 0 Å². The van der Waals surface area contributed by atoms with Gasteiger partial charge in [0.25, 0.3) is 5.69 Å². The molecule has 1 heterocycles. The van der Waals surface area contributed by atoms with Crippen molar-refractivity contribution >= 4 is 5.69 Å². The van der Waals surface area contributed by atoms with Crippen molar-refractivity contribution in [1.29, 1.82) is 0 Å². The molecular weight excluding hydrogens is 238 g/mol. The van der Waals surface area contributed by atoms with E-state index in [9.17, 15) is 10.1 Å². The van der Waals surface area contributed by atoms with E-state index in [4.69, 9.17) is 15.0 Å². The number of ether oxygens (including phenoxy) is 1. The van der Waals surface area contributed by atoms with Crippen LogP contribution in [0.3, 0.4) is 0 Å². The zero-order valence-electron chi connectivity index (χ0n) is 9.41. The highest BCUT2D eigenvalue weighted by Gasteiger charge is 2.11. The van der Waals surface area contributed by atoms with Crippen molar-refractivity contribution in [3.8, 4) is 5.75 Å². The third-order valence-corrected chi connectivity index (χ3v) is 2.34. The Hall–Kier alpha value is -2.41. The van der Waals surface area contributed by atoms with Crippen LogP contribution in [0.15, 0.2) is 35.0 Å². The number of nitro groups is 1. The first-order chi connectivity index (χ1) is 8.70. The number of aromatic nitrogens is 1. The van der Waals surface area contributed by atoms with Crippen LogP contribution in [-0.2, 0) is 13.2 Å². The summed E-state index contributed by atoms with van der Waals surface area (Å²) in [7, 11) is 0. The number of benzene rings is 1. The lowest BCUT2D eigenvalue weighted by molar-refractivity contribution is -0.384. The summed E-state index contributed by atoms with van der Waals surface area (Å²) in [5.74, 6) is 1.07. The molecule has 7 nitrogen and oxygen atoms in total. The molecule has 0 radical (unpaired) electrons. The fourth-order valence-corrected chi connectivity index (χ4v) is 1.45. The van der Waals surface area contributed by atoms with E-state index in [1.807, 2.05) is 0 Å². The number of nitrogens with two attached hydrogens (primary N) is 1. The predicted molar refractivity (Wildman–Crippen MR) is 61.8 cm³/mol. The van der Waals surface area contributed by atoms with Crippen molar-refractivity contribution in [2.75, 3.05) is 0 Å². The van der Waals surface area contributed by atoms with Crippen LogP contribution < -0.4 is 10.5 Å². The molecule has 0 aliphatic carbocycles. The predicted octanol–water partition coefficient (Wildman–Crippen LogP) is 1.62. The van der Waals surface area contributed by atoms with E-state index in [1.165, 1.54) is 24.4 Å². The largest absolute Gasteiger partial charge is 0.485 e. The lowest BCUT2D eigenvalue weighted by Gasteiger charge is -2.08. The van der Waals surface area contributed by atoms with Crippen LogP contribution >= 0.6 is 0 Å². The smallest absolute Gasteiger partial charge is 0.270 e. The summed E-state index contributed by atoms with van der Waals surface area (Å²) in [5, 5.41) is 14.2. The van der Waals surface area contributed by atoms with Crippen molar-refractivity contribution < 1.29 is 14.2 Å². The summed E-state index contributed by atoms with van der Waals surface area (Å²) >= 11 is 0. The number of nitro benzene ring substituents is 1. The molecular formula is C11H11N3O4. The summed E-state index contributed by atoms with van der Waals surface area (Å²) in [5.41, 5.74) is 6.09. The molecule has 0 bridgehead atoms. The molecule has 0 unspecified atom stereocenters. The average molecular weight is 249 g/mol. The first-order valence-electron chi connectivity index (χ1n) is 5.20. The van der Waals surface area contributed by atoms with Crippen LogP contribution in [0.1, 0.15) is 11.3 Å². The van der Waals surface area contributed by atoms with Crippen molar-refractivity contribution in [3.05, 3.63) is 51.9 Å². The maximum atomic E-state index is 10.6. The van der Waals surface area contributed by atoms with Gasteiger partial charge in [-0.2, -0.15) is 0 Å². The molecule has 0 saturated heterocycles. The maximum Gasteiger partial charge on any atom is 0.270 e. The Morgan fingerprint density at radius 3 is 2.89 bits per heavy atom. The molecule has 0 aliphatic rings. The topological polar surface area (TPSA) is 104 Å². The van der Waals surface area contributed by atoms with E-state index < -0.39 is 4.92 Å². The molecule has 0 fully saturated rings. The zero-order valence-corrected chi connectivity index (χ0v) is 9.41. The summed E-state index contributed by atoms with van der Waals surface area (Å²) in [6.45, 7) is 0.359. The van der Waals surface area contributed by atoms with Crippen LogP contribution in [0.5, 0.6) is 5.75 Å². The van der Waals surface area contributed by atoms with E-state index in [1.54, 1.807) is 6.07 Å². The minimum absolute atomic E-state index is 0.0116. The lowest BCUT2D eigenvalue weighted by Crippen LogP contribution is -2.03. The number of rotatable bonds is 5. The standard InChI is InChI=1S/C11H11N3O4/c12-6-8-5-9(14(15)16)1-2-11(8)17-7-10-3-4-13-18-10/h1-5H,6-7,12H2. The molecule has 1 aromatic carbocycles. The normalized spacial score (nSPS) is 10.3. The van der Waals surface area contributed by atoms with Crippen molar-refractivity contribution in [2.45, 2.75) is 13.2 Å². The first-order valence-corrected chi connectivity index (χ1v) is 5.20. The van der Waals surface area contributed by atoms with Gasteiger partial charge in [0.05, 0.1) is 11.1 Å². The molecule has 0 amide bonds. The second-order valence-electron chi connectivity index (χ2n) is 3.52. The van der Waals surface area contributed by atoms with Gasteiger partial charge in [0, 0.05) is 30.3 Å². The van der Waals surface area contributed by atoms with Gasteiger partial charge >= 0.3 is 0 Å². The Labute approximate surface area is 102 Å². The van der Waals surface area contributed by atoms with Gasteiger partial charge in [-0.1, -0.05) is 5.16 Å². The average Bonchev–Trinajstić information content (AvgIpc) is 2.89. The van der Waals surface area contributed by atoms with Crippen molar-refractivity contribution in [1.82, 2.24) is 5.16 Å². The molecule has 2 N–H and O–H groups in total. The molecule has 2 rings (SSSR count). The molecule has 18 heavy (non-hydrogen) atoms. The third kappa shape index (κ3) is 2.64. The minimum atomic E-state index is -0.473. The zero-order chi connectivity index (χ0) is 13.0. The Balaban J connectivity index is 2.14. The van der Waals surface area contributed by atoms with Crippen LogP contribution in [0, 0.1) is 10.1 Å². The highest BCUT2D eigenvalue weighted by Crippen LogP contribution is 2.24. The van der Waals surface area contributed by atoms with Gasteiger partial charge in [0.2, 0.25) is 0 Å². The molecule has 0 aliphatic heterocycles. The van der Waals surface area contributed by atoms with E-state index in [0.717, 1.165) is 0 Å². The fraction of sp³-hybridized carbons (Fsp3) is 0.182. The molecule has 2 aromatic rings. The molecule has 0 spiro atoms. The second kappa shape index (κ2) is 5.28. The van der Waals surface area contributed by atoms with E-state index in [0.29, 0.717) is 17.1 Å². The van der Waals surface area contributed by atoms with Gasteiger partial charge in [0.1, 0.15) is 12.4 Å². The number of nitrogens with zero attached hydrogens (tertiary/aromatic N) is 2. The highest BCUT2D eigenvalue weighted by atomic mass is 16.6. The van der Waals surface area contributed by atoms with E-state index in [-0.39, 0.29) is 18.8 Å². The number of hydrogen-bond donors (Lipinski definition) is 1. The Kier molecular flexibility index (Phi) is 3.54. The molecule has 7 heteroatoms. The first kappa shape index (κ1) is 12.1. The maximum absolute atomic E-state index is 10.6. The van der Waals surface area contributed by atoms with Crippen LogP contribution in [-0.4, -0.2) is 10.1 Å². The van der Waals surface area contributed by atoms with Gasteiger partial charge in [-0.15, -0.1) is 0 Å². The third-order valence-electron chi connectivity index (χ3n) is 2.34. The summed E-state index contributed by atoms with van der Waals surface area (Å²) in [4.78, 5) is 10.2. The van der Waals surface area contributed by atoms with E-state index >= 15 is 0 Å². The summed E-state index contributed by atoms with van der Waals surface area (Å²) in [6.07, 6.45) is 1.51. The highest BCUT2D eigenvalue weighted by molar-refractivity contribution is 5.43. The van der Waals surface area contributed by atoms with Crippen LogP contribution in [0.25, 0.3) is 0 Å². The lowest BCUT2D eigenvalue weighted by atomic mass is 10.2. The molecule has 0 saturated carbocycles. The van der Waals surface area contributed by atoms with Gasteiger partial charge in [0.15, 0.2) is 5.76 Å². The number of hydrogen-bond acceptors (Lipinski definition) is 6. The van der Waals surface area contributed by atoms with Gasteiger partial charge in [-0.25, -0.2) is 0 Å². The number of non-ortho nitro benzene ring substituents is 1. The van der Waals surface area contributed by atoms with Gasteiger partial charge in [-0.05, 0) is 6.07 Å². The quantitative estimate of drug-likeness (QED) is 0.637. The SMILES string of the molecule is NCc1cc([N+](=O)[O-])ccc1OCc1ccno1. The van der Waals surface area contributed by atoms with Gasteiger partial charge in [-0.3, -0.25) is 10.1 Å². The van der Waals surface area contributed by atoms with Crippen molar-refractivity contribution in [2.24, 2.45) is 5.73 Å². The summed E-state index contributed by atoms with van der Waals surface area (Å²) < 4.78 is 10.3.